The molecule has 0 unspecified atom stereocenters. The van der Waals surface area contributed by atoms with E-state index in [0.717, 1.165) is 11.4 Å². The fourth-order valence-electron chi connectivity index (χ4n) is 0.903. The molecule has 0 saturated heterocycles. The minimum Gasteiger partial charge on any atom is -0.350 e. The van der Waals surface area contributed by atoms with Crippen LogP contribution in [-0.4, -0.2) is 10.3 Å². The first kappa shape index (κ1) is 6.86. The Morgan fingerprint density at radius 1 is 1.70 bits per heavy atom. The number of aromatic nitrogens is 1. The molecule has 0 spiro atoms. The lowest BCUT2D eigenvalue weighted by Gasteiger charge is -1.99. The Kier molecular flexibility index (Phi) is 1.76. The minimum atomic E-state index is 0.854. The quantitative estimate of drug-likeness (QED) is 0.346. The Balaban J connectivity index is 3.05. The molecule has 54 valence electrons. The van der Waals surface area contributed by atoms with E-state index in [0.29, 0.717) is 0 Å². The molecule has 1 heterocycles. The fourth-order valence-corrected chi connectivity index (χ4v) is 0.903. The summed E-state index contributed by atoms with van der Waals surface area (Å²) in [4.78, 5) is 0. The average Bonchev–Trinajstić information content (AvgIpc) is 2.34. The van der Waals surface area contributed by atoms with E-state index in [4.69, 9.17) is 5.84 Å². The molecule has 0 aliphatic heterocycles. The van der Waals surface area contributed by atoms with Crippen molar-refractivity contribution in [2.75, 3.05) is 0 Å². The van der Waals surface area contributed by atoms with Gasteiger partial charge < -0.3 is 10.4 Å². The highest BCUT2D eigenvalue weighted by Gasteiger charge is 1.98. The molecule has 1 rings (SSSR count). The van der Waals surface area contributed by atoms with Gasteiger partial charge in [-0.05, 0) is 19.1 Å². The summed E-state index contributed by atoms with van der Waals surface area (Å²) in [5.74, 6) is 5.11. The van der Waals surface area contributed by atoms with Crippen LogP contribution in [0.5, 0.6) is 0 Å². The molecule has 1 aromatic heterocycles. The largest absolute Gasteiger partial charge is 0.350 e. The molecule has 0 bridgehead atoms. The highest BCUT2D eigenvalue weighted by atomic mass is 15.1. The van der Waals surface area contributed by atoms with Crippen molar-refractivity contribution in [3.05, 3.63) is 24.0 Å². The van der Waals surface area contributed by atoms with Gasteiger partial charge in [0.1, 0.15) is 0 Å². The van der Waals surface area contributed by atoms with Crippen molar-refractivity contribution < 1.29 is 0 Å². The standard InChI is InChI=1S/C7H11N3/c1-6(9-8)7-4-3-5-10(7)2/h3-5H,8H2,1-2H3. The van der Waals surface area contributed by atoms with Gasteiger partial charge in [-0.15, -0.1) is 0 Å². The minimum absolute atomic E-state index is 0.854. The monoisotopic (exact) mass is 137 g/mol. The van der Waals surface area contributed by atoms with E-state index in [-0.39, 0.29) is 0 Å². The lowest BCUT2D eigenvalue weighted by atomic mass is 10.3. The number of aryl methyl sites for hydroxylation is 1. The van der Waals surface area contributed by atoms with Crippen LogP contribution in [0.15, 0.2) is 23.4 Å². The molecule has 2 N–H and O–H groups in total. The first-order valence-corrected chi connectivity index (χ1v) is 3.12. The lowest BCUT2D eigenvalue weighted by Crippen LogP contribution is -2.04. The third-order valence-electron chi connectivity index (χ3n) is 1.51. The van der Waals surface area contributed by atoms with Gasteiger partial charge in [0, 0.05) is 13.2 Å². The molecule has 3 nitrogen and oxygen atoms in total. The summed E-state index contributed by atoms with van der Waals surface area (Å²) < 4.78 is 1.98. The van der Waals surface area contributed by atoms with Crippen LogP contribution in [0.2, 0.25) is 0 Å². The maximum absolute atomic E-state index is 5.11. The Morgan fingerprint density at radius 3 is 2.80 bits per heavy atom. The van der Waals surface area contributed by atoms with Gasteiger partial charge in [-0.25, -0.2) is 0 Å². The van der Waals surface area contributed by atoms with E-state index < -0.39 is 0 Å². The van der Waals surface area contributed by atoms with Crippen molar-refractivity contribution in [1.82, 2.24) is 4.57 Å². The smallest absolute Gasteiger partial charge is 0.0805 e. The molecular weight excluding hydrogens is 126 g/mol. The van der Waals surface area contributed by atoms with E-state index in [1.54, 1.807) is 0 Å². The first-order chi connectivity index (χ1) is 4.75. The van der Waals surface area contributed by atoms with E-state index >= 15 is 0 Å². The Morgan fingerprint density at radius 2 is 2.40 bits per heavy atom. The SMILES string of the molecule is CC(=NN)c1cccn1C. The van der Waals surface area contributed by atoms with Crippen LogP contribution in [0.1, 0.15) is 12.6 Å². The van der Waals surface area contributed by atoms with E-state index in [2.05, 4.69) is 5.10 Å². The van der Waals surface area contributed by atoms with Crippen molar-refractivity contribution in [2.24, 2.45) is 18.0 Å². The zero-order chi connectivity index (χ0) is 7.56. The van der Waals surface area contributed by atoms with Crippen LogP contribution in [0.4, 0.5) is 0 Å². The zero-order valence-corrected chi connectivity index (χ0v) is 6.20. The van der Waals surface area contributed by atoms with Gasteiger partial charge in [-0.3, -0.25) is 0 Å². The van der Waals surface area contributed by atoms with Crippen LogP contribution < -0.4 is 5.84 Å². The van der Waals surface area contributed by atoms with E-state index in [1.165, 1.54) is 0 Å². The highest BCUT2D eigenvalue weighted by molar-refractivity contribution is 5.97. The van der Waals surface area contributed by atoms with Gasteiger partial charge in [0.05, 0.1) is 11.4 Å². The van der Waals surface area contributed by atoms with Gasteiger partial charge in [0.15, 0.2) is 0 Å². The van der Waals surface area contributed by atoms with Crippen LogP contribution in [0.25, 0.3) is 0 Å². The molecule has 0 aromatic carbocycles. The molecule has 3 heteroatoms. The average molecular weight is 137 g/mol. The molecule has 0 amide bonds. The summed E-state index contributed by atoms with van der Waals surface area (Å²) in [5, 5.41) is 3.59. The summed E-state index contributed by atoms with van der Waals surface area (Å²) in [6.07, 6.45) is 1.96. The fraction of sp³-hybridized carbons (Fsp3) is 0.286. The number of nitrogens with two attached hydrogens (primary N) is 1. The number of hydrazone groups is 1. The molecule has 0 aliphatic carbocycles. The second-order valence-electron chi connectivity index (χ2n) is 2.22. The topological polar surface area (TPSA) is 43.3 Å². The number of hydrogen-bond acceptors (Lipinski definition) is 2. The van der Waals surface area contributed by atoms with Crippen molar-refractivity contribution in [3.8, 4) is 0 Å². The summed E-state index contributed by atoms with van der Waals surface area (Å²) in [5.41, 5.74) is 1.91. The Bertz CT molecular complexity index is 247. The van der Waals surface area contributed by atoms with Crippen molar-refractivity contribution in [2.45, 2.75) is 6.92 Å². The second kappa shape index (κ2) is 2.56. The molecule has 1 aromatic rings. The number of nitrogens with zero attached hydrogens (tertiary/aromatic N) is 2. The molecule has 0 radical (unpaired) electrons. The van der Waals surface area contributed by atoms with Gasteiger partial charge in [0.2, 0.25) is 0 Å². The maximum Gasteiger partial charge on any atom is 0.0805 e. The number of hydrogen-bond donors (Lipinski definition) is 1. The normalized spacial score (nSPS) is 12.0. The van der Waals surface area contributed by atoms with E-state index in [1.807, 2.05) is 36.9 Å². The van der Waals surface area contributed by atoms with Crippen molar-refractivity contribution in [1.29, 1.82) is 0 Å². The van der Waals surface area contributed by atoms with Crippen LogP contribution in [-0.2, 0) is 7.05 Å². The summed E-state index contributed by atoms with van der Waals surface area (Å²) in [6.45, 7) is 1.88. The number of rotatable bonds is 1. The van der Waals surface area contributed by atoms with Crippen molar-refractivity contribution >= 4 is 5.71 Å². The lowest BCUT2D eigenvalue weighted by molar-refractivity contribution is 0.911. The molecule has 0 fully saturated rings. The predicted molar refractivity (Wildman–Crippen MR) is 41.8 cm³/mol. The molecule has 0 atom stereocenters. The summed E-state index contributed by atoms with van der Waals surface area (Å²) in [7, 11) is 1.96. The third-order valence-corrected chi connectivity index (χ3v) is 1.51. The van der Waals surface area contributed by atoms with Crippen LogP contribution in [0, 0.1) is 0 Å². The summed E-state index contributed by atoms with van der Waals surface area (Å²) >= 11 is 0. The second-order valence-corrected chi connectivity index (χ2v) is 2.22. The zero-order valence-electron chi connectivity index (χ0n) is 6.20. The van der Waals surface area contributed by atoms with Crippen LogP contribution in [0.3, 0.4) is 0 Å². The highest BCUT2D eigenvalue weighted by Crippen LogP contribution is 1.99. The van der Waals surface area contributed by atoms with Gasteiger partial charge in [0.25, 0.3) is 0 Å². The Labute approximate surface area is 60.2 Å². The third kappa shape index (κ3) is 1.03. The molecular formula is C7H11N3. The van der Waals surface area contributed by atoms with Gasteiger partial charge in [-0.2, -0.15) is 5.10 Å². The van der Waals surface area contributed by atoms with Crippen molar-refractivity contribution in [3.63, 3.8) is 0 Å². The maximum atomic E-state index is 5.11. The summed E-state index contributed by atoms with van der Waals surface area (Å²) in [6, 6.07) is 3.94. The molecule has 10 heavy (non-hydrogen) atoms. The van der Waals surface area contributed by atoms with Crippen LogP contribution >= 0.6 is 0 Å². The van der Waals surface area contributed by atoms with Gasteiger partial charge in [-0.1, -0.05) is 0 Å². The molecule has 0 saturated carbocycles. The van der Waals surface area contributed by atoms with E-state index in [9.17, 15) is 0 Å². The first-order valence-electron chi connectivity index (χ1n) is 3.12. The van der Waals surface area contributed by atoms with Gasteiger partial charge >= 0.3 is 0 Å². The predicted octanol–water partition coefficient (Wildman–Crippen LogP) is 0.708. The molecule has 0 aliphatic rings. The Hall–Kier alpha value is -1.25.